The molecule has 27 heavy (non-hydrogen) atoms. The van der Waals surface area contributed by atoms with E-state index >= 15 is 0 Å². The van der Waals surface area contributed by atoms with Crippen LogP contribution in [0.3, 0.4) is 0 Å². The highest BCUT2D eigenvalue weighted by Gasteiger charge is 2.43. The fourth-order valence-corrected chi connectivity index (χ4v) is 2.82. The van der Waals surface area contributed by atoms with Crippen molar-refractivity contribution < 1.29 is 34.8 Å². The number of thiocarbonyl (C=S) groups is 1. The van der Waals surface area contributed by atoms with E-state index in [0.29, 0.717) is 6.54 Å². The third kappa shape index (κ3) is 6.94. The van der Waals surface area contributed by atoms with Crippen molar-refractivity contribution in [3.05, 3.63) is 11.8 Å². The van der Waals surface area contributed by atoms with Crippen LogP contribution in [0.15, 0.2) is 11.8 Å². The van der Waals surface area contributed by atoms with Crippen molar-refractivity contribution in [2.24, 2.45) is 0 Å². The highest BCUT2D eigenvalue weighted by atomic mass is 32.1. The number of rotatable bonds is 9. The van der Waals surface area contributed by atoms with Gasteiger partial charge < -0.3 is 41.1 Å². The Labute approximate surface area is 162 Å². The van der Waals surface area contributed by atoms with E-state index in [2.05, 4.69) is 16.0 Å². The fraction of sp³-hybridized carbons (Fsp3) is 0.688. The van der Waals surface area contributed by atoms with Gasteiger partial charge in [-0.1, -0.05) is 13.3 Å². The summed E-state index contributed by atoms with van der Waals surface area (Å²) in [6.45, 7) is 3.11. The number of nitrogens with one attached hydrogen (secondary N) is 3. The minimum absolute atomic E-state index is 0.239. The molecule has 0 aromatic heterocycles. The molecule has 0 aliphatic carbocycles. The number of aliphatic carboxylic acids is 1. The summed E-state index contributed by atoms with van der Waals surface area (Å²) in [6.07, 6.45) is -1.51. The molecular formula is C16H27N3O7S. The first-order valence-electron chi connectivity index (χ1n) is 8.61. The molecule has 7 N–H and O–H groups in total. The van der Waals surface area contributed by atoms with Gasteiger partial charge >= 0.3 is 5.97 Å². The third-order valence-electron chi connectivity index (χ3n) is 3.95. The molecule has 0 saturated heterocycles. The van der Waals surface area contributed by atoms with Crippen molar-refractivity contribution in [2.45, 2.75) is 57.1 Å². The van der Waals surface area contributed by atoms with E-state index in [-0.39, 0.29) is 5.11 Å². The molecule has 5 atom stereocenters. The Bertz CT molecular complexity index is 572. The molecule has 154 valence electrons. The largest absolute Gasteiger partial charge is 0.478 e. The van der Waals surface area contributed by atoms with E-state index < -0.39 is 54.6 Å². The molecule has 1 heterocycles. The molecule has 10 nitrogen and oxygen atoms in total. The summed E-state index contributed by atoms with van der Waals surface area (Å²) in [5.74, 6) is -2.31. The van der Waals surface area contributed by atoms with Gasteiger partial charge in [0.25, 0.3) is 0 Å². The average Bonchev–Trinajstić information content (AvgIpc) is 2.61. The second-order valence-corrected chi connectivity index (χ2v) is 6.57. The summed E-state index contributed by atoms with van der Waals surface area (Å²) in [7, 11) is 0. The molecule has 1 aliphatic rings. The van der Waals surface area contributed by atoms with Crippen LogP contribution in [0.4, 0.5) is 0 Å². The molecule has 0 saturated carbocycles. The normalized spacial score (nSPS) is 24.0. The molecule has 1 rings (SSSR count). The molecule has 0 bridgehead atoms. The van der Waals surface area contributed by atoms with Gasteiger partial charge in [-0.15, -0.1) is 0 Å². The Morgan fingerprint density at radius 1 is 1.33 bits per heavy atom. The predicted octanol–water partition coefficient (Wildman–Crippen LogP) is -1.79. The second kappa shape index (κ2) is 11.0. The first-order valence-corrected chi connectivity index (χ1v) is 9.02. The lowest BCUT2D eigenvalue weighted by Gasteiger charge is -2.40. The summed E-state index contributed by atoms with van der Waals surface area (Å²) >= 11 is 5.19. The number of carboxylic acids is 1. The SMILES string of the molecule is CCCCNC(=S)N[C@H]1C=C(C(=O)O)O[C@@H]([C@H](O)[C@H](O)CO)[C@@H]1NC(C)=O. The van der Waals surface area contributed by atoms with Crippen LogP contribution in [0.5, 0.6) is 0 Å². The molecule has 0 unspecified atom stereocenters. The van der Waals surface area contributed by atoms with E-state index in [4.69, 9.17) is 22.1 Å². The van der Waals surface area contributed by atoms with E-state index in [1.807, 2.05) is 6.92 Å². The monoisotopic (exact) mass is 405 g/mol. The molecule has 0 spiro atoms. The smallest absolute Gasteiger partial charge is 0.370 e. The number of aliphatic hydroxyl groups excluding tert-OH is 3. The molecule has 0 aromatic rings. The van der Waals surface area contributed by atoms with Gasteiger partial charge in [0, 0.05) is 13.5 Å². The molecule has 1 aliphatic heterocycles. The Morgan fingerprint density at radius 2 is 2.00 bits per heavy atom. The van der Waals surface area contributed by atoms with Gasteiger partial charge in [-0.3, -0.25) is 4.79 Å². The Balaban J connectivity index is 3.11. The number of hydrogen-bond donors (Lipinski definition) is 7. The zero-order valence-electron chi connectivity index (χ0n) is 15.2. The summed E-state index contributed by atoms with van der Waals surface area (Å²) in [5.41, 5.74) is 0. The van der Waals surface area contributed by atoms with Gasteiger partial charge in [-0.25, -0.2) is 4.79 Å². The van der Waals surface area contributed by atoms with Gasteiger partial charge in [0.05, 0.1) is 18.7 Å². The minimum Gasteiger partial charge on any atom is -0.478 e. The number of carboxylic acid groups (broad SMARTS) is 1. The summed E-state index contributed by atoms with van der Waals surface area (Å²) < 4.78 is 5.28. The van der Waals surface area contributed by atoms with Crippen LogP contribution in [0.1, 0.15) is 26.7 Å². The Morgan fingerprint density at radius 3 is 2.52 bits per heavy atom. The van der Waals surface area contributed by atoms with E-state index in [9.17, 15) is 24.9 Å². The van der Waals surface area contributed by atoms with E-state index in [0.717, 1.165) is 12.8 Å². The van der Waals surface area contributed by atoms with Gasteiger partial charge in [0.2, 0.25) is 11.7 Å². The zero-order valence-corrected chi connectivity index (χ0v) is 16.0. The van der Waals surface area contributed by atoms with Gasteiger partial charge in [0.15, 0.2) is 5.11 Å². The van der Waals surface area contributed by atoms with Crippen molar-refractivity contribution in [1.29, 1.82) is 0 Å². The molecule has 0 fully saturated rings. The average molecular weight is 405 g/mol. The molecule has 11 heteroatoms. The lowest BCUT2D eigenvalue weighted by atomic mass is 9.92. The minimum atomic E-state index is -1.65. The Hall–Kier alpha value is -1.95. The van der Waals surface area contributed by atoms with Gasteiger partial charge in [-0.05, 0) is 24.7 Å². The van der Waals surface area contributed by atoms with Crippen LogP contribution in [0.2, 0.25) is 0 Å². The maximum Gasteiger partial charge on any atom is 0.370 e. The topological polar surface area (TPSA) is 160 Å². The van der Waals surface area contributed by atoms with Crippen LogP contribution in [0, 0.1) is 0 Å². The zero-order chi connectivity index (χ0) is 20.6. The summed E-state index contributed by atoms with van der Waals surface area (Å²) in [5, 5.41) is 47.0. The van der Waals surface area contributed by atoms with Crippen molar-refractivity contribution in [3.63, 3.8) is 0 Å². The lowest BCUT2D eigenvalue weighted by molar-refractivity contribution is -0.146. The molecule has 0 radical (unpaired) electrons. The third-order valence-corrected chi connectivity index (χ3v) is 4.21. The number of carbonyl (C=O) groups is 2. The van der Waals surface area contributed by atoms with Crippen LogP contribution < -0.4 is 16.0 Å². The number of aliphatic hydroxyl groups is 3. The lowest BCUT2D eigenvalue weighted by Crippen LogP contribution is -2.64. The number of unbranched alkanes of at least 4 members (excludes halogenated alkanes) is 1. The number of ether oxygens (including phenoxy) is 1. The number of amides is 1. The second-order valence-electron chi connectivity index (χ2n) is 6.16. The maximum absolute atomic E-state index is 11.6. The maximum atomic E-state index is 11.6. The molecular weight excluding hydrogens is 378 g/mol. The molecule has 1 amide bonds. The first-order chi connectivity index (χ1) is 12.7. The quantitative estimate of drug-likeness (QED) is 0.172. The van der Waals surface area contributed by atoms with Gasteiger partial charge in [-0.2, -0.15) is 0 Å². The first kappa shape index (κ1) is 23.1. The fourth-order valence-electron chi connectivity index (χ4n) is 2.58. The summed E-state index contributed by atoms with van der Waals surface area (Å²) in [4.78, 5) is 23.0. The van der Waals surface area contributed by atoms with Crippen molar-refractivity contribution >= 4 is 29.2 Å². The van der Waals surface area contributed by atoms with Crippen molar-refractivity contribution in [3.8, 4) is 0 Å². The van der Waals surface area contributed by atoms with E-state index in [1.165, 1.54) is 13.0 Å². The molecule has 0 aromatic carbocycles. The van der Waals surface area contributed by atoms with Gasteiger partial charge in [0.1, 0.15) is 18.3 Å². The number of hydrogen-bond acceptors (Lipinski definition) is 7. The summed E-state index contributed by atoms with van der Waals surface area (Å²) in [6, 6.07) is -1.78. The number of carbonyl (C=O) groups excluding carboxylic acids is 1. The van der Waals surface area contributed by atoms with Crippen molar-refractivity contribution in [1.82, 2.24) is 16.0 Å². The highest BCUT2D eigenvalue weighted by Crippen LogP contribution is 2.23. The van der Waals surface area contributed by atoms with Crippen LogP contribution in [0.25, 0.3) is 0 Å². The van der Waals surface area contributed by atoms with E-state index in [1.54, 1.807) is 0 Å². The van der Waals surface area contributed by atoms with Crippen LogP contribution in [-0.2, 0) is 14.3 Å². The van der Waals surface area contributed by atoms with Crippen LogP contribution >= 0.6 is 12.2 Å². The van der Waals surface area contributed by atoms with Crippen molar-refractivity contribution in [2.75, 3.05) is 13.2 Å². The Kier molecular flexibility index (Phi) is 9.43. The predicted molar refractivity (Wildman–Crippen MR) is 99.7 cm³/mol. The highest BCUT2D eigenvalue weighted by molar-refractivity contribution is 7.80. The van der Waals surface area contributed by atoms with Crippen LogP contribution in [-0.4, -0.2) is 81.0 Å². The standard InChI is InChI=1S/C16H27N3O7S/c1-3-4-5-17-16(27)19-9-6-11(15(24)25)26-14(12(9)18-8(2)21)13(23)10(22)7-20/h6,9-10,12-14,20,22-23H,3-5,7H2,1-2H3,(H,18,21)(H,24,25)(H2,17,19,27)/t9-,10+,12+,13+,14+/m0/s1.